The Morgan fingerprint density at radius 1 is 0.902 bits per heavy atom. The van der Waals surface area contributed by atoms with E-state index in [1.165, 1.54) is 25.1 Å². The fourth-order valence-electron chi connectivity index (χ4n) is 5.33. The third kappa shape index (κ3) is 5.47. The fourth-order valence-corrected chi connectivity index (χ4v) is 7.04. The van der Waals surface area contributed by atoms with Gasteiger partial charge in [-0.05, 0) is 43.2 Å². The largest absolute Gasteiger partial charge is 0.364 e. The summed E-state index contributed by atoms with van der Waals surface area (Å²) in [5.41, 5.74) is 5.64. The highest BCUT2D eigenvalue weighted by atomic mass is 32.2. The van der Waals surface area contributed by atoms with Crippen molar-refractivity contribution >= 4 is 15.5 Å². The molecule has 0 bridgehead atoms. The van der Waals surface area contributed by atoms with Gasteiger partial charge in [-0.3, -0.25) is 13.9 Å². The summed E-state index contributed by atoms with van der Waals surface area (Å²) in [6.07, 6.45) is 0.265. The summed E-state index contributed by atoms with van der Waals surface area (Å²) in [6.45, 7) is 1.14. The van der Waals surface area contributed by atoms with E-state index in [1.54, 1.807) is 47.4 Å². The van der Waals surface area contributed by atoms with Gasteiger partial charge in [0.2, 0.25) is 0 Å². The van der Waals surface area contributed by atoms with Gasteiger partial charge in [-0.1, -0.05) is 54.6 Å². The van der Waals surface area contributed by atoms with E-state index in [9.17, 15) is 26.8 Å². The first-order valence-electron chi connectivity index (χ1n) is 13.2. The second kappa shape index (κ2) is 11.4. The fraction of sp³-hybridized carbons (Fsp3) is 0.267. The van der Waals surface area contributed by atoms with E-state index in [4.69, 9.17) is 5.73 Å². The second-order valence-electron chi connectivity index (χ2n) is 10.2. The molecule has 0 aliphatic carbocycles. The van der Waals surface area contributed by atoms with Crippen LogP contribution in [0, 0.1) is 18.6 Å². The van der Waals surface area contributed by atoms with Crippen molar-refractivity contribution < 1.29 is 17.2 Å². The zero-order valence-corrected chi connectivity index (χ0v) is 23.2. The first kappa shape index (κ1) is 28.4. The van der Waals surface area contributed by atoms with Crippen LogP contribution in [0.25, 0.3) is 0 Å². The van der Waals surface area contributed by atoms with E-state index >= 15 is 0 Å². The van der Waals surface area contributed by atoms with Gasteiger partial charge in [0.05, 0.1) is 23.2 Å². The minimum Gasteiger partial charge on any atom is -0.364 e. The van der Waals surface area contributed by atoms with E-state index < -0.39 is 50.6 Å². The van der Waals surface area contributed by atoms with Crippen LogP contribution in [0.4, 0.5) is 14.5 Å². The lowest BCUT2D eigenvalue weighted by atomic mass is 10.1. The first-order valence-corrected chi connectivity index (χ1v) is 14.8. The van der Waals surface area contributed by atoms with Crippen molar-refractivity contribution in [2.75, 3.05) is 18.0 Å². The molecule has 214 valence electrons. The highest BCUT2D eigenvalue weighted by molar-refractivity contribution is 7.92. The van der Waals surface area contributed by atoms with Crippen LogP contribution in [0.2, 0.25) is 0 Å². The van der Waals surface area contributed by atoms with Crippen LogP contribution >= 0.6 is 0 Å². The molecule has 2 heterocycles. The van der Waals surface area contributed by atoms with Gasteiger partial charge in [0.1, 0.15) is 17.3 Å². The highest BCUT2D eigenvalue weighted by Crippen LogP contribution is 2.28. The SMILES string of the molecule is Cc1c(N2CCC(S(=O)(=O)c3ccccc3)C2)c(=O)n(C[C@@H](N)c2ccccc2)c(=O)n1Cc1c(F)cccc1F. The summed E-state index contributed by atoms with van der Waals surface area (Å²) in [4.78, 5) is 29.4. The summed E-state index contributed by atoms with van der Waals surface area (Å²) >= 11 is 0. The van der Waals surface area contributed by atoms with E-state index in [0.29, 0.717) is 5.56 Å². The number of rotatable bonds is 8. The lowest BCUT2D eigenvalue weighted by Gasteiger charge is -2.25. The Labute approximate surface area is 236 Å². The molecule has 1 aliphatic heterocycles. The Morgan fingerprint density at radius 3 is 2.15 bits per heavy atom. The quantitative estimate of drug-likeness (QED) is 0.343. The highest BCUT2D eigenvalue weighted by Gasteiger charge is 2.36. The molecule has 4 aromatic rings. The van der Waals surface area contributed by atoms with Crippen molar-refractivity contribution in [1.29, 1.82) is 0 Å². The summed E-state index contributed by atoms with van der Waals surface area (Å²) in [5.74, 6) is -1.65. The summed E-state index contributed by atoms with van der Waals surface area (Å²) in [6, 6.07) is 19.7. The third-order valence-corrected chi connectivity index (χ3v) is 9.81. The van der Waals surface area contributed by atoms with Crippen LogP contribution in [0.15, 0.2) is 93.3 Å². The van der Waals surface area contributed by atoms with Crippen molar-refractivity contribution in [3.8, 4) is 0 Å². The maximum Gasteiger partial charge on any atom is 0.331 e. The maximum atomic E-state index is 14.6. The van der Waals surface area contributed by atoms with Gasteiger partial charge in [0.25, 0.3) is 5.56 Å². The van der Waals surface area contributed by atoms with Crippen LogP contribution in [-0.4, -0.2) is 35.9 Å². The minimum atomic E-state index is -3.69. The molecule has 8 nitrogen and oxygen atoms in total. The van der Waals surface area contributed by atoms with Gasteiger partial charge < -0.3 is 10.6 Å². The predicted molar refractivity (Wildman–Crippen MR) is 153 cm³/mol. The molecule has 2 N–H and O–H groups in total. The number of nitrogens with zero attached hydrogens (tertiary/aromatic N) is 3. The molecule has 0 saturated carbocycles. The number of anilines is 1. The van der Waals surface area contributed by atoms with Gasteiger partial charge >= 0.3 is 5.69 Å². The monoisotopic (exact) mass is 580 g/mol. The number of benzene rings is 3. The van der Waals surface area contributed by atoms with Gasteiger partial charge in [0, 0.05) is 30.4 Å². The molecule has 1 fully saturated rings. The molecule has 2 atom stereocenters. The van der Waals surface area contributed by atoms with E-state index in [0.717, 1.165) is 21.3 Å². The molecule has 1 saturated heterocycles. The third-order valence-electron chi connectivity index (χ3n) is 7.61. The topological polar surface area (TPSA) is 107 Å². The number of hydrogen-bond donors (Lipinski definition) is 1. The molecule has 41 heavy (non-hydrogen) atoms. The summed E-state index contributed by atoms with van der Waals surface area (Å²) in [5, 5.41) is -0.784. The van der Waals surface area contributed by atoms with Crippen LogP contribution in [0.3, 0.4) is 0 Å². The van der Waals surface area contributed by atoms with Crippen LogP contribution in [-0.2, 0) is 22.9 Å². The Bertz CT molecular complexity index is 1770. The van der Waals surface area contributed by atoms with Crippen molar-refractivity contribution in [2.45, 2.75) is 42.6 Å². The molecule has 1 unspecified atom stereocenters. The Hall–Kier alpha value is -4.09. The zero-order chi connectivity index (χ0) is 29.3. The number of halogens is 2. The Morgan fingerprint density at radius 2 is 1.51 bits per heavy atom. The molecule has 1 aromatic heterocycles. The molecule has 1 aliphatic rings. The minimum absolute atomic E-state index is 0.0182. The molecular formula is C30H30F2N4O4S. The molecular weight excluding hydrogens is 550 g/mol. The number of sulfone groups is 1. The average molecular weight is 581 g/mol. The molecule has 11 heteroatoms. The molecule has 0 amide bonds. The van der Waals surface area contributed by atoms with Gasteiger partial charge in [0.15, 0.2) is 9.84 Å². The zero-order valence-electron chi connectivity index (χ0n) is 22.4. The number of nitrogens with two attached hydrogens (primary N) is 1. The summed E-state index contributed by atoms with van der Waals surface area (Å²) in [7, 11) is -3.69. The molecule has 0 radical (unpaired) electrons. The molecule has 5 rings (SSSR count). The smallest absolute Gasteiger partial charge is 0.331 e. The Kier molecular flexibility index (Phi) is 7.92. The van der Waals surface area contributed by atoms with Crippen LogP contribution < -0.4 is 21.9 Å². The number of aromatic nitrogens is 2. The number of hydrogen-bond acceptors (Lipinski definition) is 6. The van der Waals surface area contributed by atoms with Gasteiger partial charge in [-0.25, -0.2) is 22.0 Å². The van der Waals surface area contributed by atoms with Crippen molar-refractivity contribution in [3.05, 3.63) is 128 Å². The lowest BCUT2D eigenvalue weighted by molar-refractivity contribution is 0.491. The normalized spacial score (nSPS) is 16.2. The van der Waals surface area contributed by atoms with Crippen molar-refractivity contribution in [2.24, 2.45) is 5.73 Å². The summed E-state index contributed by atoms with van der Waals surface area (Å²) < 4.78 is 58.0. The van der Waals surface area contributed by atoms with Gasteiger partial charge in [-0.2, -0.15) is 0 Å². The standard InChI is InChI=1S/C30H30F2N4O4S/c1-20-28(34-16-15-23(17-34)41(39,40)22-11-6-3-7-12-22)29(37)36(19-27(33)21-9-4-2-5-10-21)30(38)35(20)18-24-25(31)13-8-14-26(24)32/h2-14,23,27H,15-19,33H2,1H3/t23?,27-/m1/s1. The first-order chi connectivity index (χ1) is 19.6. The van der Waals surface area contributed by atoms with Crippen LogP contribution in [0.5, 0.6) is 0 Å². The lowest BCUT2D eigenvalue weighted by Crippen LogP contribution is -2.46. The van der Waals surface area contributed by atoms with E-state index in [-0.39, 0.29) is 47.9 Å². The van der Waals surface area contributed by atoms with Crippen molar-refractivity contribution in [3.63, 3.8) is 0 Å². The average Bonchev–Trinajstić information content (AvgIpc) is 3.46. The second-order valence-corrected chi connectivity index (χ2v) is 12.4. The molecule has 0 spiro atoms. The molecule has 3 aromatic carbocycles. The van der Waals surface area contributed by atoms with Crippen LogP contribution in [0.1, 0.15) is 29.3 Å². The predicted octanol–water partition coefficient (Wildman–Crippen LogP) is 3.40. The van der Waals surface area contributed by atoms with E-state index in [2.05, 4.69) is 0 Å². The van der Waals surface area contributed by atoms with Crippen molar-refractivity contribution in [1.82, 2.24) is 9.13 Å². The van der Waals surface area contributed by atoms with E-state index in [1.807, 2.05) is 6.07 Å². The van der Waals surface area contributed by atoms with Gasteiger partial charge in [-0.15, -0.1) is 0 Å². The Balaban J connectivity index is 1.60. The maximum absolute atomic E-state index is 14.6.